The average Bonchev–Trinajstić information content (AvgIpc) is 2.75. The van der Waals surface area contributed by atoms with Gasteiger partial charge in [-0.15, -0.1) is 11.3 Å². The van der Waals surface area contributed by atoms with Crippen LogP contribution in [0.2, 0.25) is 0 Å². The van der Waals surface area contributed by atoms with Crippen molar-refractivity contribution in [2.24, 2.45) is 0 Å². The molecule has 17 heavy (non-hydrogen) atoms. The molecule has 1 aromatic heterocycles. The minimum Gasteiger partial charge on any atom is -0.315 e. The summed E-state index contributed by atoms with van der Waals surface area (Å²) >= 11 is 3.09. The van der Waals surface area contributed by atoms with Gasteiger partial charge in [-0.05, 0) is 24.7 Å². The van der Waals surface area contributed by atoms with Gasteiger partial charge in [-0.3, -0.25) is 0 Å². The van der Waals surface area contributed by atoms with E-state index in [4.69, 9.17) is 0 Å². The predicted molar refractivity (Wildman–Crippen MR) is 75.2 cm³/mol. The highest BCUT2D eigenvalue weighted by atomic mass is 32.2. The zero-order valence-corrected chi connectivity index (χ0v) is 12.6. The van der Waals surface area contributed by atoms with Crippen LogP contribution in [-0.2, 0) is 16.6 Å². The molecule has 1 rings (SSSR count). The van der Waals surface area contributed by atoms with Crippen molar-refractivity contribution in [2.75, 3.05) is 19.8 Å². The first-order valence-electron chi connectivity index (χ1n) is 5.24. The third-order valence-corrected chi connectivity index (χ3v) is 5.82. The molecule has 1 heterocycles. The summed E-state index contributed by atoms with van der Waals surface area (Å²) in [5.41, 5.74) is 0. The van der Waals surface area contributed by atoms with E-state index >= 15 is 0 Å². The van der Waals surface area contributed by atoms with Gasteiger partial charge in [0.05, 0.1) is 4.90 Å². The highest BCUT2D eigenvalue weighted by molar-refractivity contribution is 7.99. The van der Waals surface area contributed by atoms with E-state index in [-0.39, 0.29) is 5.25 Å². The highest BCUT2D eigenvalue weighted by Gasteiger charge is 2.19. The molecule has 0 aliphatic heterocycles. The van der Waals surface area contributed by atoms with Gasteiger partial charge in [0.25, 0.3) is 0 Å². The van der Waals surface area contributed by atoms with E-state index in [1.54, 1.807) is 30.3 Å². The lowest BCUT2D eigenvalue weighted by molar-refractivity contribution is 0.580. The minimum absolute atomic E-state index is 0.274. The van der Waals surface area contributed by atoms with Gasteiger partial charge >= 0.3 is 0 Å². The van der Waals surface area contributed by atoms with E-state index in [1.165, 1.54) is 11.3 Å². The van der Waals surface area contributed by atoms with Crippen molar-refractivity contribution in [1.82, 2.24) is 10.0 Å². The predicted octanol–water partition coefficient (Wildman–Crippen LogP) is 1.50. The maximum Gasteiger partial charge on any atom is 0.241 e. The molecule has 0 spiro atoms. The maximum atomic E-state index is 12.1. The Kier molecular flexibility index (Phi) is 5.94. The van der Waals surface area contributed by atoms with Gasteiger partial charge in [-0.25, -0.2) is 13.1 Å². The molecular formula is C10H18N2O2S3. The van der Waals surface area contributed by atoms with Crippen molar-refractivity contribution in [3.8, 4) is 0 Å². The van der Waals surface area contributed by atoms with Crippen LogP contribution in [0.3, 0.4) is 0 Å². The summed E-state index contributed by atoms with van der Waals surface area (Å²) < 4.78 is 26.8. The van der Waals surface area contributed by atoms with Crippen molar-refractivity contribution in [2.45, 2.75) is 23.6 Å². The second kappa shape index (κ2) is 6.75. The first-order chi connectivity index (χ1) is 8.01. The number of sulfonamides is 1. The Bertz CT molecular complexity index is 442. The Morgan fingerprint density at radius 1 is 1.53 bits per heavy atom. The van der Waals surface area contributed by atoms with Gasteiger partial charge < -0.3 is 5.32 Å². The molecule has 1 atom stereocenters. The second-order valence-electron chi connectivity index (χ2n) is 3.64. The normalized spacial score (nSPS) is 13.8. The van der Waals surface area contributed by atoms with Crippen molar-refractivity contribution in [3.05, 3.63) is 16.3 Å². The van der Waals surface area contributed by atoms with Gasteiger partial charge in [-0.1, -0.05) is 6.92 Å². The summed E-state index contributed by atoms with van der Waals surface area (Å²) in [6.07, 6.45) is 1.97. The molecule has 7 heteroatoms. The fourth-order valence-electron chi connectivity index (χ4n) is 1.25. The Balaban J connectivity index is 2.78. The number of hydrogen-bond acceptors (Lipinski definition) is 5. The third-order valence-electron chi connectivity index (χ3n) is 2.29. The molecule has 0 bridgehead atoms. The molecule has 0 aliphatic carbocycles. The van der Waals surface area contributed by atoms with Gasteiger partial charge in [0.1, 0.15) is 0 Å². The molecule has 0 saturated heterocycles. The lowest BCUT2D eigenvalue weighted by Crippen LogP contribution is -2.30. The molecule has 0 amide bonds. The largest absolute Gasteiger partial charge is 0.315 e. The quantitative estimate of drug-likeness (QED) is 0.800. The summed E-state index contributed by atoms with van der Waals surface area (Å²) in [7, 11) is -1.56. The Labute approximate surface area is 111 Å². The molecule has 0 radical (unpaired) electrons. The fraction of sp³-hybridized carbons (Fsp3) is 0.600. The molecule has 0 saturated carbocycles. The lowest BCUT2D eigenvalue weighted by Gasteiger charge is -2.11. The van der Waals surface area contributed by atoms with E-state index in [0.29, 0.717) is 18.0 Å². The van der Waals surface area contributed by atoms with E-state index in [9.17, 15) is 8.42 Å². The Morgan fingerprint density at radius 3 is 2.82 bits per heavy atom. The Hall–Kier alpha value is -0.0800. The SMILES string of the molecule is CNCc1sccc1S(=O)(=O)NCC(C)SC. The molecule has 2 N–H and O–H groups in total. The molecule has 0 aromatic carbocycles. The summed E-state index contributed by atoms with van der Waals surface area (Å²) in [6.45, 7) is 3.03. The smallest absolute Gasteiger partial charge is 0.241 e. The van der Waals surface area contributed by atoms with Crippen LogP contribution in [0.5, 0.6) is 0 Å². The van der Waals surface area contributed by atoms with Crippen LogP contribution in [0.25, 0.3) is 0 Å². The van der Waals surface area contributed by atoms with Crippen LogP contribution in [0.4, 0.5) is 0 Å². The number of thioether (sulfide) groups is 1. The zero-order chi connectivity index (χ0) is 12.9. The van der Waals surface area contributed by atoms with Crippen LogP contribution in [0.15, 0.2) is 16.3 Å². The molecule has 98 valence electrons. The molecule has 0 aliphatic rings. The summed E-state index contributed by atoms with van der Waals surface area (Å²) in [6, 6.07) is 1.66. The fourth-order valence-corrected chi connectivity index (χ4v) is 4.19. The van der Waals surface area contributed by atoms with Gasteiger partial charge in [-0.2, -0.15) is 11.8 Å². The van der Waals surface area contributed by atoms with Gasteiger partial charge in [0.15, 0.2) is 0 Å². The summed E-state index contributed by atoms with van der Waals surface area (Å²) in [5.74, 6) is 0. The van der Waals surface area contributed by atoms with Crippen LogP contribution < -0.4 is 10.0 Å². The molecule has 1 unspecified atom stereocenters. The molecule has 1 aromatic rings. The summed E-state index contributed by atoms with van der Waals surface area (Å²) in [4.78, 5) is 1.24. The number of rotatable bonds is 7. The lowest BCUT2D eigenvalue weighted by atomic mass is 10.5. The second-order valence-corrected chi connectivity index (χ2v) is 7.65. The summed E-state index contributed by atoms with van der Waals surface area (Å²) in [5, 5.41) is 5.05. The minimum atomic E-state index is -3.37. The highest BCUT2D eigenvalue weighted by Crippen LogP contribution is 2.21. The zero-order valence-electron chi connectivity index (χ0n) is 10.2. The van der Waals surface area contributed by atoms with Crippen LogP contribution in [0.1, 0.15) is 11.8 Å². The monoisotopic (exact) mass is 294 g/mol. The van der Waals surface area contributed by atoms with Crippen LogP contribution in [-0.4, -0.2) is 33.5 Å². The van der Waals surface area contributed by atoms with E-state index in [1.807, 2.05) is 13.2 Å². The topological polar surface area (TPSA) is 58.2 Å². The van der Waals surface area contributed by atoms with E-state index in [0.717, 1.165) is 4.88 Å². The number of hydrogen-bond donors (Lipinski definition) is 2. The third kappa shape index (κ3) is 4.26. The average molecular weight is 294 g/mol. The van der Waals surface area contributed by atoms with Crippen molar-refractivity contribution < 1.29 is 8.42 Å². The van der Waals surface area contributed by atoms with Crippen LogP contribution >= 0.6 is 23.1 Å². The van der Waals surface area contributed by atoms with Gasteiger partial charge in [0.2, 0.25) is 10.0 Å². The van der Waals surface area contributed by atoms with Gasteiger partial charge in [0, 0.05) is 23.2 Å². The number of nitrogens with one attached hydrogen (secondary N) is 2. The molecule has 0 fully saturated rings. The maximum absolute atomic E-state index is 12.1. The molecule has 4 nitrogen and oxygen atoms in total. The molecular weight excluding hydrogens is 276 g/mol. The number of thiophene rings is 1. The van der Waals surface area contributed by atoms with Crippen molar-refractivity contribution in [1.29, 1.82) is 0 Å². The Morgan fingerprint density at radius 2 is 2.24 bits per heavy atom. The first kappa shape index (κ1) is 15.0. The van der Waals surface area contributed by atoms with E-state index < -0.39 is 10.0 Å². The van der Waals surface area contributed by atoms with E-state index in [2.05, 4.69) is 10.0 Å². The first-order valence-corrected chi connectivity index (χ1v) is 8.89. The van der Waals surface area contributed by atoms with Crippen molar-refractivity contribution >= 4 is 33.1 Å². The van der Waals surface area contributed by atoms with Crippen molar-refractivity contribution in [3.63, 3.8) is 0 Å². The standard InChI is InChI=1S/C10H18N2O2S3/c1-8(15-3)6-12-17(13,14)10-4-5-16-9(10)7-11-2/h4-5,8,11-12H,6-7H2,1-3H3. The van der Waals surface area contributed by atoms with Crippen LogP contribution in [0, 0.1) is 0 Å².